The van der Waals surface area contributed by atoms with E-state index in [0.29, 0.717) is 5.71 Å². The molecule has 0 saturated heterocycles. The number of carbonyl (C=O) groups is 1. The Bertz CT molecular complexity index is 388. The molecule has 1 aromatic rings. The van der Waals surface area contributed by atoms with Gasteiger partial charge in [-0.25, -0.2) is 10.2 Å². The molecule has 2 amide bonds. The van der Waals surface area contributed by atoms with Crippen LogP contribution < -0.4 is 15.9 Å². The second-order valence-electron chi connectivity index (χ2n) is 2.91. The minimum Gasteiger partial charge on any atom is -0.497 e. The fraction of sp³-hybridized carbons (Fsp3) is 0.200. The van der Waals surface area contributed by atoms with Gasteiger partial charge in [-0.3, -0.25) is 0 Å². The fourth-order valence-electron chi connectivity index (χ4n) is 1.05. The third-order valence-corrected chi connectivity index (χ3v) is 1.82. The summed E-state index contributed by atoms with van der Waals surface area (Å²) < 4.78 is 5.06. The number of nitrogens with one attached hydrogen (secondary N) is 1. The Morgan fingerprint density at radius 3 is 2.87 bits per heavy atom. The molecule has 0 aliphatic carbocycles. The normalized spacial score (nSPS) is 10.9. The number of hydrazone groups is 1. The number of carbonyl (C=O) groups excluding carboxylic acids is 1. The van der Waals surface area contributed by atoms with E-state index in [1.165, 1.54) is 0 Å². The zero-order valence-electron chi connectivity index (χ0n) is 8.65. The van der Waals surface area contributed by atoms with E-state index in [9.17, 15) is 4.79 Å². The Morgan fingerprint density at radius 2 is 2.27 bits per heavy atom. The van der Waals surface area contributed by atoms with E-state index in [0.717, 1.165) is 11.3 Å². The standard InChI is InChI=1S/C10H13N3O2/c1-7(12-13-10(11)14)8-4-3-5-9(6-8)15-2/h3-6H,1-2H3,(H3,11,13,14). The average molecular weight is 207 g/mol. The first-order chi connectivity index (χ1) is 7.13. The smallest absolute Gasteiger partial charge is 0.332 e. The Balaban J connectivity index is 2.85. The van der Waals surface area contributed by atoms with Gasteiger partial charge in [0.05, 0.1) is 12.8 Å². The third-order valence-electron chi connectivity index (χ3n) is 1.82. The molecule has 0 saturated carbocycles. The highest BCUT2D eigenvalue weighted by atomic mass is 16.5. The Kier molecular flexibility index (Phi) is 3.68. The summed E-state index contributed by atoms with van der Waals surface area (Å²) in [4.78, 5) is 10.4. The topological polar surface area (TPSA) is 76.7 Å². The highest BCUT2D eigenvalue weighted by molar-refractivity contribution is 5.99. The van der Waals surface area contributed by atoms with Crippen LogP contribution >= 0.6 is 0 Å². The summed E-state index contributed by atoms with van der Waals surface area (Å²) in [5.41, 5.74) is 8.58. The monoisotopic (exact) mass is 207 g/mol. The molecule has 5 heteroatoms. The maximum atomic E-state index is 10.4. The van der Waals surface area contributed by atoms with Gasteiger partial charge < -0.3 is 10.5 Å². The predicted molar refractivity (Wildman–Crippen MR) is 57.9 cm³/mol. The van der Waals surface area contributed by atoms with E-state index in [4.69, 9.17) is 10.5 Å². The Morgan fingerprint density at radius 1 is 1.53 bits per heavy atom. The number of amides is 2. The molecule has 0 atom stereocenters. The minimum atomic E-state index is -0.683. The number of primary amides is 1. The van der Waals surface area contributed by atoms with Crippen LogP contribution in [-0.4, -0.2) is 18.9 Å². The summed E-state index contributed by atoms with van der Waals surface area (Å²) in [5, 5.41) is 3.81. The van der Waals surface area contributed by atoms with Crippen LogP contribution in [0.2, 0.25) is 0 Å². The molecule has 0 heterocycles. The molecule has 1 rings (SSSR count). The van der Waals surface area contributed by atoms with E-state index < -0.39 is 6.03 Å². The molecule has 0 bridgehead atoms. The molecule has 15 heavy (non-hydrogen) atoms. The Labute approximate surface area is 87.9 Å². The van der Waals surface area contributed by atoms with Crippen molar-refractivity contribution in [3.05, 3.63) is 29.8 Å². The molecule has 5 nitrogen and oxygen atoms in total. The van der Waals surface area contributed by atoms with Crippen molar-refractivity contribution in [1.29, 1.82) is 0 Å². The van der Waals surface area contributed by atoms with Crippen LogP contribution in [0, 0.1) is 0 Å². The maximum Gasteiger partial charge on any atom is 0.332 e. The van der Waals surface area contributed by atoms with Gasteiger partial charge in [0.15, 0.2) is 0 Å². The van der Waals surface area contributed by atoms with Crippen LogP contribution in [0.1, 0.15) is 12.5 Å². The van der Waals surface area contributed by atoms with Gasteiger partial charge >= 0.3 is 6.03 Å². The van der Waals surface area contributed by atoms with Crippen molar-refractivity contribution in [3.63, 3.8) is 0 Å². The second kappa shape index (κ2) is 4.99. The summed E-state index contributed by atoms with van der Waals surface area (Å²) in [6, 6.07) is 6.68. The first-order valence-corrected chi connectivity index (χ1v) is 4.37. The molecule has 0 aliphatic heterocycles. The Hall–Kier alpha value is -2.04. The number of methoxy groups -OCH3 is 1. The molecule has 0 spiro atoms. The molecule has 80 valence electrons. The number of rotatable bonds is 3. The summed E-state index contributed by atoms with van der Waals surface area (Å²) in [6.07, 6.45) is 0. The first-order valence-electron chi connectivity index (χ1n) is 4.37. The fourth-order valence-corrected chi connectivity index (χ4v) is 1.05. The van der Waals surface area contributed by atoms with Gasteiger partial charge in [0, 0.05) is 5.56 Å². The lowest BCUT2D eigenvalue weighted by Gasteiger charge is -2.03. The molecule has 0 aliphatic rings. The number of hydrogen-bond acceptors (Lipinski definition) is 3. The molecule has 0 unspecified atom stereocenters. The SMILES string of the molecule is COc1cccc(C(C)=NNC(N)=O)c1. The molecule has 0 aromatic heterocycles. The van der Waals surface area contributed by atoms with Gasteiger partial charge in [-0.1, -0.05) is 12.1 Å². The maximum absolute atomic E-state index is 10.4. The lowest BCUT2D eigenvalue weighted by Crippen LogP contribution is -2.25. The van der Waals surface area contributed by atoms with Crippen molar-refractivity contribution in [3.8, 4) is 5.75 Å². The largest absolute Gasteiger partial charge is 0.497 e. The van der Waals surface area contributed by atoms with E-state index >= 15 is 0 Å². The van der Waals surface area contributed by atoms with Crippen LogP contribution in [0.3, 0.4) is 0 Å². The lowest BCUT2D eigenvalue weighted by atomic mass is 10.1. The van der Waals surface area contributed by atoms with Crippen molar-refractivity contribution in [2.45, 2.75) is 6.92 Å². The third kappa shape index (κ3) is 3.30. The van der Waals surface area contributed by atoms with Gasteiger partial charge in [-0.2, -0.15) is 5.10 Å². The van der Waals surface area contributed by atoms with Crippen LogP contribution in [0.15, 0.2) is 29.4 Å². The number of urea groups is 1. The van der Waals surface area contributed by atoms with E-state index in [1.807, 2.05) is 24.3 Å². The summed E-state index contributed by atoms with van der Waals surface area (Å²) in [7, 11) is 1.59. The van der Waals surface area contributed by atoms with Gasteiger partial charge in [0.1, 0.15) is 5.75 Å². The molecule has 1 aromatic carbocycles. The van der Waals surface area contributed by atoms with Crippen LogP contribution in [0.25, 0.3) is 0 Å². The molecule has 0 fully saturated rings. The van der Waals surface area contributed by atoms with E-state index in [2.05, 4.69) is 10.5 Å². The van der Waals surface area contributed by atoms with Gasteiger partial charge in [0.25, 0.3) is 0 Å². The summed E-state index contributed by atoms with van der Waals surface area (Å²) in [5.74, 6) is 0.737. The summed E-state index contributed by atoms with van der Waals surface area (Å²) in [6.45, 7) is 1.77. The van der Waals surface area contributed by atoms with Crippen LogP contribution in [0.5, 0.6) is 5.75 Å². The van der Waals surface area contributed by atoms with E-state index in [1.54, 1.807) is 14.0 Å². The predicted octanol–water partition coefficient (Wildman–Crippen LogP) is 1.09. The molecule has 0 radical (unpaired) electrons. The van der Waals surface area contributed by atoms with Crippen molar-refractivity contribution in [2.24, 2.45) is 10.8 Å². The van der Waals surface area contributed by atoms with Crippen molar-refractivity contribution < 1.29 is 9.53 Å². The first kappa shape index (κ1) is 11.0. The number of nitrogens with zero attached hydrogens (tertiary/aromatic N) is 1. The molecular weight excluding hydrogens is 194 g/mol. The molecule has 3 N–H and O–H groups in total. The quantitative estimate of drug-likeness (QED) is 0.575. The highest BCUT2D eigenvalue weighted by Gasteiger charge is 1.99. The zero-order chi connectivity index (χ0) is 11.3. The van der Waals surface area contributed by atoms with Crippen LogP contribution in [-0.2, 0) is 0 Å². The second-order valence-corrected chi connectivity index (χ2v) is 2.91. The summed E-state index contributed by atoms with van der Waals surface area (Å²) >= 11 is 0. The number of ether oxygens (including phenoxy) is 1. The number of hydrogen-bond donors (Lipinski definition) is 2. The van der Waals surface area contributed by atoms with Gasteiger partial charge in [-0.05, 0) is 19.1 Å². The van der Waals surface area contributed by atoms with Gasteiger partial charge in [-0.15, -0.1) is 0 Å². The zero-order valence-corrected chi connectivity index (χ0v) is 8.65. The van der Waals surface area contributed by atoms with Crippen LogP contribution in [0.4, 0.5) is 4.79 Å². The minimum absolute atomic E-state index is 0.660. The molecular formula is C10H13N3O2. The average Bonchev–Trinajstić information content (AvgIpc) is 2.26. The van der Waals surface area contributed by atoms with Crippen molar-refractivity contribution in [1.82, 2.24) is 5.43 Å². The van der Waals surface area contributed by atoms with E-state index in [-0.39, 0.29) is 0 Å². The van der Waals surface area contributed by atoms with Crippen molar-refractivity contribution in [2.75, 3.05) is 7.11 Å². The van der Waals surface area contributed by atoms with Gasteiger partial charge in [0.2, 0.25) is 0 Å². The lowest BCUT2D eigenvalue weighted by molar-refractivity contribution is 0.249. The highest BCUT2D eigenvalue weighted by Crippen LogP contribution is 2.12. The number of nitrogens with two attached hydrogens (primary N) is 1. The number of benzene rings is 1. The van der Waals surface area contributed by atoms with Crippen molar-refractivity contribution >= 4 is 11.7 Å².